The van der Waals surface area contributed by atoms with Gasteiger partial charge in [-0.25, -0.2) is 4.39 Å². The Kier molecular flexibility index (Phi) is 4.94. The molecular weight excluding hydrogens is 239 g/mol. The average Bonchev–Trinajstić information content (AvgIpc) is 2.31. The van der Waals surface area contributed by atoms with Crippen LogP contribution in [0.25, 0.3) is 0 Å². The van der Waals surface area contributed by atoms with E-state index in [4.69, 9.17) is 5.73 Å². The molecule has 1 aliphatic carbocycles. The molecule has 19 heavy (non-hydrogen) atoms. The van der Waals surface area contributed by atoms with Crippen molar-refractivity contribution in [3.05, 3.63) is 35.6 Å². The zero-order chi connectivity index (χ0) is 13.8. The molecule has 2 nitrogen and oxygen atoms in total. The number of hydrogen-bond donors (Lipinski definition) is 1. The molecule has 0 amide bonds. The quantitative estimate of drug-likeness (QED) is 0.854. The van der Waals surface area contributed by atoms with Gasteiger partial charge in [-0.1, -0.05) is 25.5 Å². The van der Waals surface area contributed by atoms with Crippen molar-refractivity contribution < 1.29 is 4.39 Å². The Hall–Kier alpha value is -0.930. The van der Waals surface area contributed by atoms with Crippen LogP contribution in [0.5, 0.6) is 0 Å². The fourth-order valence-corrected chi connectivity index (χ4v) is 2.98. The smallest absolute Gasteiger partial charge is 0.123 e. The maximum absolute atomic E-state index is 13.4. The van der Waals surface area contributed by atoms with Gasteiger partial charge in [0.15, 0.2) is 0 Å². The van der Waals surface area contributed by atoms with E-state index in [-0.39, 0.29) is 17.9 Å². The van der Waals surface area contributed by atoms with Gasteiger partial charge in [-0.3, -0.25) is 4.90 Å². The highest BCUT2D eigenvalue weighted by molar-refractivity contribution is 5.21. The number of nitrogens with two attached hydrogens (primary N) is 1. The number of halogens is 1. The van der Waals surface area contributed by atoms with Crippen molar-refractivity contribution in [2.45, 2.75) is 45.2 Å². The Bertz CT molecular complexity index is 401. The molecule has 2 rings (SSSR count). The first kappa shape index (κ1) is 14.5. The van der Waals surface area contributed by atoms with Crippen LogP contribution in [0.1, 0.15) is 44.7 Å². The normalized spacial score (nSPS) is 19.2. The summed E-state index contributed by atoms with van der Waals surface area (Å²) in [6, 6.07) is 6.99. The summed E-state index contributed by atoms with van der Waals surface area (Å²) < 4.78 is 13.4. The molecule has 3 heteroatoms. The fourth-order valence-electron chi connectivity index (χ4n) is 2.98. The summed E-state index contributed by atoms with van der Waals surface area (Å²) in [5.74, 6) is 0.623. The Morgan fingerprint density at radius 2 is 2.16 bits per heavy atom. The van der Waals surface area contributed by atoms with E-state index in [9.17, 15) is 4.39 Å². The lowest BCUT2D eigenvalue weighted by atomic mass is 9.84. The zero-order valence-electron chi connectivity index (χ0n) is 12.0. The Labute approximate surface area is 115 Å². The van der Waals surface area contributed by atoms with Crippen LogP contribution >= 0.6 is 0 Å². The molecule has 1 saturated carbocycles. The van der Waals surface area contributed by atoms with Crippen LogP contribution in [-0.4, -0.2) is 24.0 Å². The third-order valence-corrected chi connectivity index (χ3v) is 4.21. The Balaban J connectivity index is 2.16. The molecule has 0 heterocycles. The second-order valence-corrected chi connectivity index (χ2v) is 5.74. The number of hydrogen-bond acceptors (Lipinski definition) is 2. The summed E-state index contributed by atoms with van der Waals surface area (Å²) in [5, 5.41) is 0. The lowest BCUT2D eigenvalue weighted by Gasteiger charge is -2.38. The largest absolute Gasteiger partial charge is 0.326 e. The second-order valence-electron chi connectivity index (χ2n) is 5.74. The van der Waals surface area contributed by atoms with Crippen LogP contribution in [0.2, 0.25) is 0 Å². The average molecular weight is 264 g/mol. The summed E-state index contributed by atoms with van der Waals surface area (Å²) >= 11 is 0. The predicted octanol–water partition coefficient (Wildman–Crippen LogP) is 3.34. The highest BCUT2D eigenvalue weighted by atomic mass is 19.1. The molecule has 0 saturated heterocycles. The van der Waals surface area contributed by atoms with Gasteiger partial charge in [0.05, 0.1) is 0 Å². The maximum Gasteiger partial charge on any atom is 0.123 e. The van der Waals surface area contributed by atoms with Crippen molar-refractivity contribution >= 4 is 0 Å². The van der Waals surface area contributed by atoms with Crippen LogP contribution in [0.15, 0.2) is 24.3 Å². The van der Waals surface area contributed by atoms with E-state index in [1.54, 1.807) is 12.1 Å². The van der Waals surface area contributed by atoms with Crippen molar-refractivity contribution in [2.24, 2.45) is 11.7 Å². The number of benzene rings is 1. The molecule has 1 aliphatic rings. The van der Waals surface area contributed by atoms with E-state index >= 15 is 0 Å². The monoisotopic (exact) mass is 264 g/mol. The van der Waals surface area contributed by atoms with Crippen molar-refractivity contribution in [3.63, 3.8) is 0 Å². The Morgan fingerprint density at radius 1 is 1.42 bits per heavy atom. The molecule has 1 fully saturated rings. The molecule has 0 aromatic heterocycles. The standard InChI is InChI=1S/C16H25FN2/c1-3-19(11-13-6-4-7-13)16(12(2)18)14-8-5-9-15(17)10-14/h5,8-10,12-13,16H,3-4,6-7,11,18H2,1-2H3. The molecule has 0 bridgehead atoms. The van der Waals surface area contributed by atoms with Crippen LogP contribution in [0, 0.1) is 11.7 Å². The van der Waals surface area contributed by atoms with Crippen LogP contribution in [0.4, 0.5) is 4.39 Å². The van der Waals surface area contributed by atoms with Gasteiger partial charge < -0.3 is 5.73 Å². The first-order chi connectivity index (χ1) is 9.11. The molecular formula is C16H25FN2. The van der Waals surface area contributed by atoms with Gasteiger partial charge in [-0.15, -0.1) is 0 Å². The van der Waals surface area contributed by atoms with Gasteiger partial charge in [0, 0.05) is 18.6 Å². The highest BCUT2D eigenvalue weighted by Crippen LogP contribution is 2.31. The molecule has 106 valence electrons. The van der Waals surface area contributed by atoms with E-state index in [1.807, 2.05) is 13.0 Å². The molecule has 2 N–H and O–H groups in total. The molecule has 1 aromatic rings. The molecule has 0 aliphatic heterocycles. The SMILES string of the molecule is CCN(CC1CCC1)C(c1cccc(F)c1)C(C)N. The van der Waals surface area contributed by atoms with Crippen molar-refractivity contribution in [2.75, 3.05) is 13.1 Å². The number of nitrogens with zero attached hydrogens (tertiary/aromatic N) is 1. The molecule has 0 spiro atoms. The van der Waals surface area contributed by atoms with Gasteiger partial charge in [0.1, 0.15) is 5.82 Å². The van der Waals surface area contributed by atoms with Crippen molar-refractivity contribution in [1.29, 1.82) is 0 Å². The molecule has 2 unspecified atom stereocenters. The third-order valence-electron chi connectivity index (χ3n) is 4.21. The molecule has 1 aromatic carbocycles. The van der Waals surface area contributed by atoms with Crippen LogP contribution in [0.3, 0.4) is 0 Å². The summed E-state index contributed by atoms with van der Waals surface area (Å²) in [6.45, 7) is 6.21. The summed E-state index contributed by atoms with van der Waals surface area (Å²) in [6.07, 6.45) is 4.00. The first-order valence-corrected chi connectivity index (χ1v) is 7.37. The number of likely N-dealkylation sites (N-methyl/N-ethyl adjacent to an activating group) is 1. The maximum atomic E-state index is 13.4. The van der Waals surface area contributed by atoms with E-state index in [1.165, 1.54) is 25.3 Å². The highest BCUT2D eigenvalue weighted by Gasteiger charge is 2.27. The van der Waals surface area contributed by atoms with Gasteiger partial charge >= 0.3 is 0 Å². The van der Waals surface area contributed by atoms with Crippen molar-refractivity contribution in [1.82, 2.24) is 4.90 Å². The summed E-state index contributed by atoms with van der Waals surface area (Å²) in [7, 11) is 0. The molecule has 2 atom stereocenters. The lowest BCUT2D eigenvalue weighted by Crippen LogP contribution is -2.42. The predicted molar refractivity (Wildman–Crippen MR) is 77.4 cm³/mol. The van der Waals surface area contributed by atoms with Crippen molar-refractivity contribution in [3.8, 4) is 0 Å². The van der Waals surface area contributed by atoms with Crippen LogP contribution < -0.4 is 5.73 Å². The summed E-state index contributed by atoms with van der Waals surface area (Å²) in [4.78, 5) is 2.41. The van der Waals surface area contributed by atoms with E-state index in [0.29, 0.717) is 0 Å². The summed E-state index contributed by atoms with van der Waals surface area (Å²) in [5.41, 5.74) is 7.16. The first-order valence-electron chi connectivity index (χ1n) is 7.37. The number of rotatable bonds is 6. The van der Waals surface area contributed by atoms with E-state index < -0.39 is 0 Å². The second kappa shape index (κ2) is 6.49. The van der Waals surface area contributed by atoms with Gasteiger partial charge in [0.25, 0.3) is 0 Å². The lowest BCUT2D eigenvalue weighted by molar-refractivity contribution is 0.125. The fraction of sp³-hybridized carbons (Fsp3) is 0.625. The minimum absolute atomic E-state index is 0.00169. The van der Waals surface area contributed by atoms with E-state index in [2.05, 4.69) is 11.8 Å². The zero-order valence-corrected chi connectivity index (χ0v) is 12.0. The Morgan fingerprint density at radius 3 is 2.63 bits per heavy atom. The van der Waals surface area contributed by atoms with Gasteiger partial charge in [0.2, 0.25) is 0 Å². The van der Waals surface area contributed by atoms with Gasteiger partial charge in [-0.2, -0.15) is 0 Å². The van der Waals surface area contributed by atoms with Crippen LogP contribution in [-0.2, 0) is 0 Å². The third kappa shape index (κ3) is 3.54. The van der Waals surface area contributed by atoms with Gasteiger partial charge in [-0.05, 0) is 49.9 Å². The van der Waals surface area contributed by atoms with E-state index in [0.717, 1.165) is 24.6 Å². The minimum atomic E-state index is -0.178. The topological polar surface area (TPSA) is 29.3 Å². The minimum Gasteiger partial charge on any atom is -0.326 e. The molecule has 0 radical (unpaired) electrons.